The first-order valence-corrected chi connectivity index (χ1v) is 5.07. The Balaban J connectivity index is 2.35. The summed E-state index contributed by atoms with van der Waals surface area (Å²) in [6.45, 7) is 0.0207. The third kappa shape index (κ3) is 2.03. The molecule has 0 unspecified atom stereocenters. The number of nitrogens with one attached hydrogen (secondary N) is 1. The summed E-state index contributed by atoms with van der Waals surface area (Å²) in [5.74, 6) is 0. The number of aromatic amines is 1. The quantitative estimate of drug-likeness (QED) is 0.441. The highest BCUT2D eigenvalue weighted by Gasteiger charge is 2.43. The first kappa shape index (κ1) is 12.0. The molecule has 17 heavy (non-hydrogen) atoms. The maximum atomic E-state index is 11.5. The summed E-state index contributed by atoms with van der Waals surface area (Å²) >= 11 is 0. The van der Waals surface area contributed by atoms with Gasteiger partial charge in [0, 0.05) is 18.8 Å². The van der Waals surface area contributed by atoms with Crippen molar-refractivity contribution in [3.8, 4) is 0 Å². The molecule has 5 N–H and O–H groups in total. The van der Waals surface area contributed by atoms with Crippen LogP contribution < -0.4 is 17.0 Å². The van der Waals surface area contributed by atoms with Crippen LogP contribution in [0.3, 0.4) is 0 Å². The van der Waals surface area contributed by atoms with Crippen molar-refractivity contribution in [2.24, 2.45) is 5.73 Å². The van der Waals surface area contributed by atoms with Gasteiger partial charge in [-0.2, -0.15) is 0 Å². The molecule has 0 bridgehead atoms. The maximum absolute atomic E-state index is 11.5. The predicted molar refractivity (Wildman–Crippen MR) is 56.3 cm³/mol. The molecule has 2 heterocycles. The standard InChI is InChI=1S/C9H13N3O5/c10-3-4-6(14)7(15)8(17-4)12-2-1-5(13)11-9(12)16/h1-2,4,6-8,14-15H,3,10H2,(H,11,13,16)/t4-,6-,7+,8-/m1/s1. The Morgan fingerprint density at radius 2 is 2.12 bits per heavy atom. The van der Waals surface area contributed by atoms with Gasteiger partial charge in [-0.05, 0) is 0 Å². The molecule has 8 heteroatoms. The van der Waals surface area contributed by atoms with Crippen LogP contribution in [0.2, 0.25) is 0 Å². The van der Waals surface area contributed by atoms with Crippen LogP contribution in [0, 0.1) is 0 Å². The Morgan fingerprint density at radius 1 is 1.41 bits per heavy atom. The Bertz CT molecular complexity index is 510. The minimum atomic E-state index is -1.27. The molecule has 1 aromatic heterocycles. The number of nitrogens with two attached hydrogens (primary N) is 1. The molecule has 94 valence electrons. The molecule has 0 amide bonds. The van der Waals surface area contributed by atoms with E-state index in [0.717, 1.165) is 10.6 Å². The van der Waals surface area contributed by atoms with E-state index in [4.69, 9.17) is 10.5 Å². The van der Waals surface area contributed by atoms with Crippen LogP contribution >= 0.6 is 0 Å². The second kappa shape index (κ2) is 4.41. The predicted octanol–water partition coefficient (Wildman–Crippen LogP) is -2.89. The smallest absolute Gasteiger partial charge is 0.330 e. The summed E-state index contributed by atoms with van der Waals surface area (Å²) in [4.78, 5) is 24.4. The van der Waals surface area contributed by atoms with Gasteiger partial charge in [0.2, 0.25) is 0 Å². The number of ether oxygens (including phenoxy) is 1. The number of nitrogens with zero attached hydrogens (tertiary/aromatic N) is 1. The van der Waals surface area contributed by atoms with Gasteiger partial charge in [0.1, 0.15) is 18.3 Å². The molecule has 0 aliphatic carbocycles. The largest absolute Gasteiger partial charge is 0.387 e. The van der Waals surface area contributed by atoms with Gasteiger partial charge < -0.3 is 20.7 Å². The molecule has 0 saturated carbocycles. The molecule has 1 aliphatic rings. The number of hydrogen-bond donors (Lipinski definition) is 4. The molecular formula is C9H13N3O5. The van der Waals surface area contributed by atoms with E-state index in [2.05, 4.69) is 0 Å². The minimum absolute atomic E-state index is 0.0207. The summed E-state index contributed by atoms with van der Waals surface area (Å²) in [5.41, 5.74) is 4.08. The topological polar surface area (TPSA) is 131 Å². The van der Waals surface area contributed by atoms with Crippen molar-refractivity contribution in [2.75, 3.05) is 6.54 Å². The lowest BCUT2D eigenvalue weighted by Crippen LogP contribution is -2.38. The highest BCUT2D eigenvalue weighted by Crippen LogP contribution is 2.27. The van der Waals surface area contributed by atoms with Crippen LogP contribution in [-0.4, -0.2) is 44.6 Å². The second-order valence-corrected chi connectivity index (χ2v) is 3.80. The SMILES string of the molecule is NC[C@H]1O[C@@H](n2ccc(=O)[nH]c2=O)[C@@H](O)[C@@H]1O. The molecule has 0 radical (unpaired) electrons. The highest BCUT2D eigenvalue weighted by atomic mass is 16.6. The van der Waals surface area contributed by atoms with E-state index in [9.17, 15) is 19.8 Å². The number of aliphatic hydroxyl groups is 2. The summed E-state index contributed by atoms with van der Waals surface area (Å²) in [5, 5.41) is 19.3. The van der Waals surface area contributed by atoms with Gasteiger partial charge in [0.05, 0.1) is 0 Å². The van der Waals surface area contributed by atoms with Crippen LogP contribution in [0.4, 0.5) is 0 Å². The Hall–Kier alpha value is -1.48. The summed E-state index contributed by atoms with van der Waals surface area (Å²) in [6, 6.07) is 1.12. The summed E-state index contributed by atoms with van der Waals surface area (Å²) < 4.78 is 6.26. The van der Waals surface area contributed by atoms with E-state index in [0.29, 0.717) is 0 Å². The minimum Gasteiger partial charge on any atom is -0.387 e. The lowest BCUT2D eigenvalue weighted by molar-refractivity contribution is -0.0372. The number of hydrogen-bond acceptors (Lipinski definition) is 6. The fourth-order valence-corrected chi connectivity index (χ4v) is 1.78. The molecule has 1 fully saturated rings. The average Bonchev–Trinajstić information content (AvgIpc) is 2.57. The van der Waals surface area contributed by atoms with Crippen molar-refractivity contribution in [1.29, 1.82) is 0 Å². The fraction of sp³-hybridized carbons (Fsp3) is 0.556. The molecule has 0 aromatic carbocycles. The fourth-order valence-electron chi connectivity index (χ4n) is 1.78. The van der Waals surface area contributed by atoms with E-state index >= 15 is 0 Å². The molecule has 4 atom stereocenters. The van der Waals surface area contributed by atoms with Crippen molar-refractivity contribution in [3.63, 3.8) is 0 Å². The first-order valence-electron chi connectivity index (χ1n) is 5.07. The molecule has 1 aromatic rings. The molecule has 0 spiro atoms. The van der Waals surface area contributed by atoms with Crippen molar-refractivity contribution in [2.45, 2.75) is 24.5 Å². The van der Waals surface area contributed by atoms with Gasteiger partial charge >= 0.3 is 5.69 Å². The lowest BCUT2D eigenvalue weighted by atomic mass is 10.1. The van der Waals surface area contributed by atoms with E-state index in [1.54, 1.807) is 0 Å². The third-order valence-electron chi connectivity index (χ3n) is 2.69. The Morgan fingerprint density at radius 3 is 2.65 bits per heavy atom. The highest BCUT2D eigenvalue weighted by molar-refractivity contribution is 4.93. The second-order valence-electron chi connectivity index (χ2n) is 3.80. The monoisotopic (exact) mass is 243 g/mol. The molecule has 8 nitrogen and oxygen atoms in total. The molecule has 2 rings (SSSR count). The van der Waals surface area contributed by atoms with Crippen molar-refractivity contribution >= 4 is 0 Å². The Kier molecular flexibility index (Phi) is 3.11. The number of aromatic nitrogens is 2. The van der Waals surface area contributed by atoms with E-state index in [-0.39, 0.29) is 6.54 Å². The third-order valence-corrected chi connectivity index (χ3v) is 2.69. The van der Waals surface area contributed by atoms with Gasteiger partial charge in [-0.1, -0.05) is 0 Å². The summed E-state index contributed by atoms with van der Waals surface area (Å²) in [7, 11) is 0. The number of rotatable bonds is 2. The average molecular weight is 243 g/mol. The number of H-pyrrole nitrogens is 1. The van der Waals surface area contributed by atoms with Crippen LogP contribution in [-0.2, 0) is 4.74 Å². The molecular weight excluding hydrogens is 230 g/mol. The van der Waals surface area contributed by atoms with Crippen molar-refractivity contribution in [3.05, 3.63) is 33.1 Å². The lowest BCUT2D eigenvalue weighted by Gasteiger charge is -2.16. The van der Waals surface area contributed by atoms with Gasteiger partial charge in [-0.15, -0.1) is 0 Å². The number of aliphatic hydroxyl groups excluding tert-OH is 2. The zero-order valence-corrected chi connectivity index (χ0v) is 8.81. The van der Waals surface area contributed by atoms with Gasteiger partial charge in [0.15, 0.2) is 6.23 Å². The van der Waals surface area contributed by atoms with Crippen molar-refractivity contribution in [1.82, 2.24) is 9.55 Å². The first-order chi connectivity index (χ1) is 8.04. The zero-order chi connectivity index (χ0) is 12.6. The van der Waals surface area contributed by atoms with Gasteiger partial charge in [-0.3, -0.25) is 14.3 Å². The molecule has 1 aliphatic heterocycles. The Labute approximate surface area is 95.3 Å². The van der Waals surface area contributed by atoms with Crippen LogP contribution in [0.1, 0.15) is 6.23 Å². The zero-order valence-electron chi connectivity index (χ0n) is 8.81. The van der Waals surface area contributed by atoms with Crippen LogP contribution in [0.15, 0.2) is 21.9 Å². The normalized spacial score (nSPS) is 32.9. The van der Waals surface area contributed by atoms with Crippen LogP contribution in [0.25, 0.3) is 0 Å². The van der Waals surface area contributed by atoms with Crippen LogP contribution in [0.5, 0.6) is 0 Å². The van der Waals surface area contributed by atoms with E-state index in [1.165, 1.54) is 6.20 Å². The summed E-state index contributed by atoms with van der Waals surface area (Å²) in [6.07, 6.45) is -3.03. The van der Waals surface area contributed by atoms with E-state index < -0.39 is 35.8 Å². The van der Waals surface area contributed by atoms with Gasteiger partial charge in [0.25, 0.3) is 5.56 Å². The molecule has 1 saturated heterocycles. The maximum Gasteiger partial charge on any atom is 0.330 e. The van der Waals surface area contributed by atoms with Gasteiger partial charge in [-0.25, -0.2) is 4.79 Å². The van der Waals surface area contributed by atoms with E-state index in [1.807, 2.05) is 4.98 Å². The van der Waals surface area contributed by atoms with Crippen molar-refractivity contribution < 1.29 is 14.9 Å².